The maximum absolute atomic E-state index is 11.1. The van der Waals surface area contributed by atoms with Crippen LogP contribution >= 0.6 is 0 Å². The van der Waals surface area contributed by atoms with Crippen molar-refractivity contribution in [3.63, 3.8) is 0 Å². The summed E-state index contributed by atoms with van der Waals surface area (Å²) in [6.45, 7) is 0.159. The van der Waals surface area contributed by atoms with Crippen LogP contribution in [0.1, 0.15) is 26.8 Å². The summed E-state index contributed by atoms with van der Waals surface area (Å²) in [4.78, 5) is 29.5. The van der Waals surface area contributed by atoms with Gasteiger partial charge in [-0.25, -0.2) is 14.8 Å². The normalized spacial score (nSPS) is 10.1. The lowest BCUT2D eigenvalue weighted by atomic mass is 10.3. The largest absolute Gasteiger partial charge is 0.475 e. The average molecular weight is 262 g/mol. The molecule has 1 amide bonds. The molecule has 2 aromatic heterocycles. The molecule has 0 fully saturated rings. The minimum absolute atomic E-state index is 0.00696. The van der Waals surface area contributed by atoms with Gasteiger partial charge < -0.3 is 20.6 Å². The molecule has 0 aliphatic carbocycles. The van der Waals surface area contributed by atoms with E-state index in [-0.39, 0.29) is 23.8 Å². The molecule has 0 unspecified atom stereocenters. The Morgan fingerprint density at radius 3 is 2.68 bits per heavy atom. The lowest BCUT2D eigenvalue weighted by Crippen LogP contribution is -2.17. The second-order valence-corrected chi connectivity index (χ2v) is 3.54. The highest BCUT2D eigenvalue weighted by Gasteiger charge is 2.12. The van der Waals surface area contributed by atoms with E-state index in [1.54, 1.807) is 0 Å². The Morgan fingerprint density at radius 1 is 1.32 bits per heavy atom. The Hall–Kier alpha value is -2.90. The zero-order valence-electron chi connectivity index (χ0n) is 9.66. The van der Waals surface area contributed by atoms with Crippen molar-refractivity contribution in [2.24, 2.45) is 5.73 Å². The lowest BCUT2D eigenvalue weighted by Gasteiger charge is -2.05. The van der Waals surface area contributed by atoms with Crippen LogP contribution in [0.2, 0.25) is 0 Å². The van der Waals surface area contributed by atoms with Gasteiger partial charge in [-0.1, -0.05) is 0 Å². The van der Waals surface area contributed by atoms with E-state index in [1.807, 2.05) is 0 Å². The summed E-state index contributed by atoms with van der Waals surface area (Å²) < 4.78 is 5.04. The molecule has 0 aliphatic rings. The van der Waals surface area contributed by atoms with Crippen LogP contribution in [0.25, 0.3) is 0 Å². The summed E-state index contributed by atoms with van der Waals surface area (Å²) in [5.41, 5.74) is 5.15. The number of nitrogens with two attached hydrogens (primary N) is 1. The molecule has 8 heteroatoms. The predicted octanol–water partition coefficient (Wildman–Crippen LogP) is 0.479. The van der Waals surface area contributed by atoms with Crippen LogP contribution in [-0.4, -0.2) is 27.0 Å². The van der Waals surface area contributed by atoms with E-state index in [0.717, 1.165) is 0 Å². The molecule has 98 valence electrons. The molecule has 2 aromatic rings. The summed E-state index contributed by atoms with van der Waals surface area (Å²) in [5.74, 6) is -1.42. The number of aromatic nitrogens is 2. The third kappa shape index (κ3) is 2.86. The Kier molecular flexibility index (Phi) is 3.42. The monoisotopic (exact) mass is 262 g/mol. The van der Waals surface area contributed by atoms with Crippen LogP contribution in [0.3, 0.4) is 0 Å². The Labute approximate surface area is 107 Å². The fraction of sp³-hybridized carbons (Fsp3) is 0.0909. The smallest absolute Gasteiger partial charge is 0.371 e. The van der Waals surface area contributed by atoms with Crippen molar-refractivity contribution in [2.75, 3.05) is 5.32 Å². The second-order valence-electron chi connectivity index (χ2n) is 3.54. The molecule has 2 heterocycles. The van der Waals surface area contributed by atoms with E-state index in [1.165, 1.54) is 24.5 Å². The highest BCUT2D eigenvalue weighted by molar-refractivity contribution is 5.95. The van der Waals surface area contributed by atoms with Gasteiger partial charge in [0.2, 0.25) is 5.76 Å². The number of hydrogen-bond donors (Lipinski definition) is 3. The van der Waals surface area contributed by atoms with Gasteiger partial charge in [-0.2, -0.15) is 0 Å². The number of nitrogens with zero attached hydrogens (tertiary/aromatic N) is 2. The molecule has 8 nitrogen and oxygen atoms in total. The molecule has 0 saturated carbocycles. The van der Waals surface area contributed by atoms with Crippen molar-refractivity contribution < 1.29 is 19.1 Å². The molecule has 0 radical (unpaired) electrons. The molecule has 4 N–H and O–H groups in total. The summed E-state index contributed by atoms with van der Waals surface area (Å²) >= 11 is 0. The Bertz CT molecular complexity index is 623. The number of anilines is 1. The van der Waals surface area contributed by atoms with Crippen molar-refractivity contribution in [3.05, 3.63) is 41.7 Å². The van der Waals surface area contributed by atoms with E-state index in [9.17, 15) is 9.59 Å². The first-order chi connectivity index (χ1) is 9.08. The number of rotatable bonds is 5. The third-order valence-electron chi connectivity index (χ3n) is 2.23. The highest BCUT2D eigenvalue weighted by Crippen LogP contribution is 2.12. The fourth-order valence-corrected chi connectivity index (χ4v) is 1.41. The molecule has 0 aromatic carbocycles. The van der Waals surface area contributed by atoms with Gasteiger partial charge in [-0.05, 0) is 12.1 Å². The maximum atomic E-state index is 11.1. The van der Waals surface area contributed by atoms with Crippen LogP contribution in [-0.2, 0) is 6.54 Å². The van der Waals surface area contributed by atoms with Gasteiger partial charge >= 0.3 is 5.97 Å². The van der Waals surface area contributed by atoms with Gasteiger partial charge in [0, 0.05) is 12.4 Å². The molecular formula is C11H10N4O4. The van der Waals surface area contributed by atoms with Gasteiger partial charge in [-0.3, -0.25) is 4.79 Å². The third-order valence-corrected chi connectivity index (χ3v) is 2.23. The van der Waals surface area contributed by atoms with Gasteiger partial charge in [0.25, 0.3) is 5.91 Å². The van der Waals surface area contributed by atoms with Crippen LogP contribution < -0.4 is 11.1 Å². The van der Waals surface area contributed by atoms with Gasteiger partial charge in [0.05, 0.1) is 6.54 Å². The van der Waals surface area contributed by atoms with E-state index in [2.05, 4.69) is 15.3 Å². The fourth-order valence-electron chi connectivity index (χ4n) is 1.41. The average Bonchev–Trinajstić information content (AvgIpc) is 2.85. The number of nitrogens with one attached hydrogen (secondary N) is 1. The molecule has 2 rings (SSSR count). The standard InChI is InChI=1S/C11H10N4O4/c12-9(16)8-10(14-4-3-13-8)15-5-6-1-2-7(19-6)11(17)18/h1-4H,5H2,(H2,12,16)(H,14,15)(H,17,18). The number of amides is 1. The number of carboxylic acid groups (broad SMARTS) is 1. The van der Waals surface area contributed by atoms with Gasteiger partial charge in [0.15, 0.2) is 11.5 Å². The van der Waals surface area contributed by atoms with Crippen molar-refractivity contribution in [1.82, 2.24) is 9.97 Å². The van der Waals surface area contributed by atoms with Gasteiger partial charge in [-0.15, -0.1) is 0 Å². The zero-order valence-corrected chi connectivity index (χ0v) is 9.66. The van der Waals surface area contributed by atoms with Crippen molar-refractivity contribution in [3.8, 4) is 0 Å². The van der Waals surface area contributed by atoms with Crippen LogP contribution in [0, 0.1) is 0 Å². The van der Waals surface area contributed by atoms with Crippen molar-refractivity contribution in [1.29, 1.82) is 0 Å². The summed E-state index contributed by atoms with van der Waals surface area (Å²) in [7, 11) is 0. The van der Waals surface area contributed by atoms with Crippen LogP contribution in [0.5, 0.6) is 0 Å². The minimum atomic E-state index is -1.15. The van der Waals surface area contributed by atoms with E-state index < -0.39 is 11.9 Å². The predicted molar refractivity (Wildman–Crippen MR) is 63.5 cm³/mol. The maximum Gasteiger partial charge on any atom is 0.371 e. The number of furan rings is 1. The highest BCUT2D eigenvalue weighted by atomic mass is 16.4. The van der Waals surface area contributed by atoms with Crippen molar-refractivity contribution >= 4 is 17.7 Å². The number of aromatic carboxylic acids is 1. The molecule has 0 aliphatic heterocycles. The van der Waals surface area contributed by atoms with Crippen molar-refractivity contribution in [2.45, 2.75) is 6.54 Å². The summed E-state index contributed by atoms with van der Waals surface area (Å²) in [6, 6.07) is 2.85. The Morgan fingerprint density at radius 2 is 2.05 bits per heavy atom. The first-order valence-electron chi connectivity index (χ1n) is 5.24. The first-order valence-corrected chi connectivity index (χ1v) is 5.24. The number of primary amides is 1. The molecule has 19 heavy (non-hydrogen) atoms. The number of carbonyl (C=O) groups excluding carboxylic acids is 1. The molecular weight excluding hydrogens is 252 g/mol. The first kappa shape index (κ1) is 12.6. The zero-order chi connectivity index (χ0) is 13.8. The lowest BCUT2D eigenvalue weighted by molar-refractivity contribution is 0.0660. The Balaban J connectivity index is 2.10. The van der Waals surface area contributed by atoms with Gasteiger partial charge in [0.1, 0.15) is 5.76 Å². The van der Waals surface area contributed by atoms with E-state index >= 15 is 0 Å². The molecule has 0 bridgehead atoms. The van der Waals surface area contributed by atoms with E-state index in [0.29, 0.717) is 5.76 Å². The number of carboxylic acids is 1. The quantitative estimate of drug-likeness (QED) is 0.713. The van der Waals surface area contributed by atoms with Crippen LogP contribution in [0.15, 0.2) is 28.9 Å². The molecule has 0 saturated heterocycles. The second kappa shape index (κ2) is 5.17. The molecule has 0 atom stereocenters. The SMILES string of the molecule is NC(=O)c1nccnc1NCc1ccc(C(=O)O)o1. The molecule has 0 spiro atoms. The number of hydrogen-bond acceptors (Lipinski definition) is 6. The summed E-state index contributed by atoms with van der Waals surface area (Å²) in [6.07, 6.45) is 2.75. The van der Waals surface area contributed by atoms with E-state index in [4.69, 9.17) is 15.3 Å². The van der Waals surface area contributed by atoms with Crippen LogP contribution in [0.4, 0.5) is 5.82 Å². The topological polar surface area (TPSA) is 131 Å². The minimum Gasteiger partial charge on any atom is -0.475 e. The summed E-state index contributed by atoms with van der Waals surface area (Å²) in [5, 5.41) is 11.5. The number of carbonyl (C=O) groups is 2.